The van der Waals surface area contributed by atoms with Crippen molar-refractivity contribution in [1.29, 1.82) is 0 Å². The van der Waals surface area contributed by atoms with Crippen molar-refractivity contribution in [2.45, 2.75) is 77.9 Å². The van der Waals surface area contributed by atoms with E-state index in [1.807, 2.05) is 0 Å². The second kappa shape index (κ2) is 5.11. The molecule has 2 bridgehead atoms. The highest BCUT2D eigenvalue weighted by molar-refractivity contribution is 5.75. The number of carbonyl (C=O) groups excluding carboxylic acids is 1. The first-order valence-electron chi connectivity index (χ1n) is 9.64. The molecule has 4 rings (SSSR count). The van der Waals surface area contributed by atoms with Crippen LogP contribution in [-0.2, 0) is 0 Å². The molecule has 1 N–H and O–H groups in total. The van der Waals surface area contributed by atoms with E-state index in [0.29, 0.717) is 23.5 Å². The zero-order valence-corrected chi connectivity index (χ0v) is 15.3. The molecule has 130 valence electrons. The molecule has 2 aliphatic carbocycles. The highest BCUT2D eigenvalue weighted by atomic mass is 16.2. The molecule has 0 radical (unpaired) electrons. The molecule has 0 aromatic carbocycles. The lowest BCUT2D eigenvalue weighted by molar-refractivity contribution is 0.0712. The predicted molar refractivity (Wildman–Crippen MR) is 92.3 cm³/mol. The van der Waals surface area contributed by atoms with E-state index in [4.69, 9.17) is 0 Å². The summed E-state index contributed by atoms with van der Waals surface area (Å²) >= 11 is 0. The van der Waals surface area contributed by atoms with Crippen molar-refractivity contribution in [2.24, 2.45) is 16.7 Å². The van der Waals surface area contributed by atoms with E-state index in [-0.39, 0.29) is 11.4 Å². The number of hydrogen-bond acceptors (Lipinski definition) is 2. The van der Waals surface area contributed by atoms with Crippen molar-refractivity contribution in [2.75, 3.05) is 19.6 Å². The number of rotatable bonds is 1. The predicted octanol–water partition coefficient (Wildman–Crippen LogP) is 3.08. The molecule has 2 amide bonds. The Hall–Kier alpha value is -0.770. The average Bonchev–Trinajstić information content (AvgIpc) is 3.08. The maximum absolute atomic E-state index is 13.0. The topological polar surface area (TPSA) is 35.6 Å². The summed E-state index contributed by atoms with van der Waals surface area (Å²) in [6, 6.07) is 1.49. The Morgan fingerprint density at radius 3 is 2.61 bits per heavy atom. The van der Waals surface area contributed by atoms with Gasteiger partial charge >= 0.3 is 6.03 Å². The number of hydrogen-bond donors (Lipinski definition) is 1. The molecule has 2 saturated heterocycles. The van der Waals surface area contributed by atoms with Crippen LogP contribution in [0, 0.1) is 16.7 Å². The molecular formula is C19H33N3O. The lowest BCUT2D eigenvalue weighted by Gasteiger charge is -2.44. The minimum Gasteiger partial charge on any atom is -0.335 e. The van der Waals surface area contributed by atoms with Crippen molar-refractivity contribution >= 4 is 6.03 Å². The van der Waals surface area contributed by atoms with Crippen LogP contribution < -0.4 is 5.32 Å². The number of nitrogens with zero attached hydrogens (tertiary/aromatic N) is 2. The zero-order chi connectivity index (χ0) is 16.4. The van der Waals surface area contributed by atoms with Gasteiger partial charge in [0.1, 0.15) is 0 Å². The standard InChI is InChI=1S/C19H33N3O/c1-13-11-21-9-5-6-15(21)12-22(13)17(23)20-16-10-14-7-8-19(16,4)18(14,2)3/h13-16H,5-12H2,1-4H3,(H,20,23)/t13-,14-,15-,16-,19-/m1/s1. The summed E-state index contributed by atoms with van der Waals surface area (Å²) in [5, 5.41) is 3.45. The van der Waals surface area contributed by atoms with Crippen LogP contribution in [0.2, 0.25) is 0 Å². The van der Waals surface area contributed by atoms with E-state index in [0.717, 1.165) is 19.0 Å². The smallest absolute Gasteiger partial charge is 0.317 e. The molecule has 2 saturated carbocycles. The minimum absolute atomic E-state index is 0.193. The van der Waals surface area contributed by atoms with Crippen LogP contribution in [0.3, 0.4) is 0 Å². The van der Waals surface area contributed by atoms with Gasteiger partial charge in [0.25, 0.3) is 0 Å². The molecule has 4 aliphatic rings. The highest BCUT2D eigenvalue weighted by Gasteiger charge is 2.61. The van der Waals surface area contributed by atoms with E-state index < -0.39 is 0 Å². The van der Waals surface area contributed by atoms with Gasteiger partial charge in [-0.15, -0.1) is 0 Å². The van der Waals surface area contributed by atoms with Crippen LogP contribution >= 0.6 is 0 Å². The molecule has 2 aliphatic heterocycles. The first kappa shape index (κ1) is 15.7. The number of fused-ring (bicyclic) bond motifs is 3. The van der Waals surface area contributed by atoms with Crippen LogP contribution in [0.4, 0.5) is 4.79 Å². The fourth-order valence-corrected chi connectivity index (χ4v) is 6.12. The third kappa shape index (κ3) is 2.16. The Balaban J connectivity index is 1.44. The van der Waals surface area contributed by atoms with Gasteiger partial charge in [-0.1, -0.05) is 20.8 Å². The fraction of sp³-hybridized carbons (Fsp3) is 0.947. The lowest BCUT2D eigenvalue weighted by atomic mass is 9.69. The van der Waals surface area contributed by atoms with Crippen molar-refractivity contribution in [1.82, 2.24) is 15.1 Å². The van der Waals surface area contributed by atoms with Gasteiger partial charge < -0.3 is 10.2 Å². The number of urea groups is 1. The maximum atomic E-state index is 13.0. The summed E-state index contributed by atoms with van der Waals surface area (Å²) in [5.41, 5.74) is 0.631. The molecule has 0 aromatic rings. The molecule has 5 atom stereocenters. The first-order valence-corrected chi connectivity index (χ1v) is 9.64. The van der Waals surface area contributed by atoms with Gasteiger partial charge in [-0.3, -0.25) is 4.90 Å². The Morgan fingerprint density at radius 1 is 1.17 bits per heavy atom. The van der Waals surface area contributed by atoms with E-state index in [2.05, 4.69) is 42.8 Å². The average molecular weight is 319 g/mol. The van der Waals surface area contributed by atoms with E-state index in [9.17, 15) is 4.79 Å². The third-order valence-electron chi connectivity index (χ3n) is 8.29. The third-order valence-corrected chi connectivity index (χ3v) is 8.29. The summed E-state index contributed by atoms with van der Waals surface area (Å²) in [7, 11) is 0. The normalized spacial score (nSPS) is 45.3. The second-order valence-corrected chi connectivity index (χ2v) is 9.40. The summed E-state index contributed by atoms with van der Waals surface area (Å²) in [6.07, 6.45) is 6.33. The SMILES string of the molecule is C[C@@H]1CN2CCC[C@@H]2CN1C(=O)N[C@@H]1C[C@H]2CC[C@@]1(C)C2(C)C. The van der Waals surface area contributed by atoms with Gasteiger partial charge in [0, 0.05) is 31.2 Å². The fourth-order valence-electron chi connectivity index (χ4n) is 6.12. The molecule has 4 heteroatoms. The number of carbonyl (C=O) groups is 1. The zero-order valence-electron chi connectivity index (χ0n) is 15.3. The van der Waals surface area contributed by atoms with Crippen molar-refractivity contribution in [3.8, 4) is 0 Å². The second-order valence-electron chi connectivity index (χ2n) is 9.40. The molecular weight excluding hydrogens is 286 g/mol. The molecule has 4 fully saturated rings. The largest absolute Gasteiger partial charge is 0.335 e. The molecule has 0 aromatic heterocycles. The van der Waals surface area contributed by atoms with E-state index >= 15 is 0 Å². The Morgan fingerprint density at radius 2 is 1.96 bits per heavy atom. The summed E-state index contributed by atoms with van der Waals surface area (Å²) < 4.78 is 0. The van der Waals surface area contributed by atoms with Crippen LogP contribution in [-0.4, -0.2) is 53.6 Å². The van der Waals surface area contributed by atoms with Gasteiger partial charge in [0.15, 0.2) is 0 Å². The van der Waals surface area contributed by atoms with Crippen LogP contribution in [0.1, 0.15) is 59.8 Å². The summed E-state index contributed by atoms with van der Waals surface area (Å²) in [4.78, 5) is 17.7. The van der Waals surface area contributed by atoms with Gasteiger partial charge in [-0.25, -0.2) is 4.79 Å². The van der Waals surface area contributed by atoms with Crippen LogP contribution in [0.5, 0.6) is 0 Å². The maximum Gasteiger partial charge on any atom is 0.317 e. The van der Waals surface area contributed by atoms with Crippen molar-refractivity contribution in [3.63, 3.8) is 0 Å². The molecule has 0 unspecified atom stereocenters. The highest BCUT2D eigenvalue weighted by Crippen LogP contribution is 2.65. The quantitative estimate of drug-likeness (QED) is 0.806. The Labute approximate surface area is 141 Å². The van der Waals surface area contributed by atoms with Crippen molar-refractivity contribution < 1.29 is 4.79 Å². The minimum atomic E-state index is 0.193. The molecule has 4 nitrogen and oxygen atoms in total. The Bertz CT molecular complexity index is 505. The van der Waals surface area contributed by atoms with Gasteiger partial charge in [0.2, 0.25) is 0 Å². The van der Waals surface area contributed by atoms with Gasteiger partial charge in [-0.2, -0.15) is 0 Å². The summed E-state index contributed by atoms with van der Waals surface area (Å²) in [5.74, 6) is 0.780. The Kier molecular flexibility index (Phi) is 3.50. The van der Waals surface area contributed by atoms with Crippen molar-refractivity contribution in [3.05, 3.63) is 0 Å². The van der Waals surface area contributed by atoms with Gasteiger partial charge in [-0.05, 0) is 62.3 Å². The van der Waals surface area contributed by atoms with Crippen LogP contribution in [0.25, 0.3) is 0 Å². The molecule has 2 heterocycles. The molecule has 0 spiro atoms. The lowest BCUT2D eigenvalue weighted by Crippen LogP contribution is -2.61. The van der Waals surface area contributed by atoms with Crippen LogP contribution in [0.15, 0.2) is 0 Å². The number of nitrogens with one attached hydrogen (secondary N) is 1. The number of piperazine rings is 1. The van der Waals surface area contributed by atoms with E-state index in [1.54, 1.807) is 0 Å². The summed E-state index contributed by atoms with van der Waals surface area (Å²) in [6.45, 7) is 12.6. The van der Waals surface area contributed by atoms with E-state index in [1.165, 1.54) is 38.6 Å². The number of amides is 2. The monoisotopic (exact) mass is 319 g/mol. The van der Waals surface area contributed by atoms with Gasteiger partial charge in [0.05, 0.1) is 0 Å². The molecule has 23 heavy (non-hydrogen) atoms. The first-order chi connectivity index (χ1) is 10.8.